The van der Waals surface area contributed by atoms with Gasteiger partial charge in [-0.05, 0) is 57.2 Å². The van der Waals surface area contributed by atoms with Crippen molar-refractivity contribution in [3.8, 4) is 0 Å². The second kappa shape index (κ2) is 8.28. The van der Waals surface area contributed by atoms with Crippen LogP contribution >= 0.6 is 0 Å². The molecule has 0 fully saturated rings. The van der Waals surface area contributed by atoms with Crippen LogP contribution in [-0.4, -0.2) is 28.3 Å². The quantitative estimate of drug-likeness (QED) is 0.619. The van der Waals surface area contributed by atoms with Gasteiger partial charge in [-0.1, -0.05) is 0 Å². The Balaban J connectivity index is 1.84. The molecule has 132 valence electrons. The minimum Gasteiger partial charge on any atom is -0.452 e. The standard InChI is InChI=1S/C19H22N2O4/c1-13(21-10-4-5-11-21)12-18(23)25-15(3)19(24)20-17-8-6-16(7-9-17)14(2)22/h4-11,13,15H,12H2,1-3H3,(H,20,24)/t13-,15-/m1/s1. The molecule has 0 aliphatic carbocycles. The molecule has 0 saturated carbocycles. The molecule has 0 bridgehead atoms. The van der Waals surface area contributed by atoms with E-state index < -0.39 is 18.0 Å². The number of carbonyl (C=O) groups excluding carboxylic acids is 3. The molecule has 1 N–H and O–H groups in total. The van der Waals surface area contributed by atoms with Crippen LogP contribution in [0.25, 0.3) is 0 Å². The number of Topliss-reactive ketones (excluding diaryl/α,β-unsaturated/α-hetero) is 1. The Hall–Kier alpha value is -2.89. The summed E-state index contributed by atoms with van der Waals surface area (Å²) in [7, 11) is 0. The van der Waals surface area contributed by atoms with Gasteiger partial charge in [-0.25, -0.2) is 0 Å². The van der Waals surface area contributed by atoms with E-state index in [1.54, 1.807) is 24.3 Å². The van der Waals surface area contributed by atoms with Gasteiger partial charge < -0.3 is 14.6 Å². The molecule has 0 aliphatic heterocycles. The fourth-order valence-corrected chi connectivity index (χ4v) is 2.32. The van der Waals surface area contributed by atoms with Crippen molar-refractivity contribution in [2.24, 2.45) is 0 Å². The number of nitrogens with zero attached hydrogens (tertiary/aromatic N) is 1. The zero-order chi connectivity index (χ0) is 18.4. The second-order valence-corrected chi connectivity index (χ2v) is 5.94. The number of rotatable bonds is 7. The summed E-state index contributed by atoms with van der Waals surface area (Å²) in [6.07, 6.45) is 3.02. The fraction of sp³-hybridized carbons (Fsp3) is 0.316. The van der Waals surface area contributed by atoms with Crippen molar-refractivity contribution >= 4 is 23.3 Å². The number of anilines is 1. The fourth-order valence-electron chi connectivity index (χ4n) is 2.32. The average molecular weight is 342 g/mol. The summed E-state index contributed by atoms with van der Waals surface area (Å²) >= 11 is 0. The van der Waals surface area contributed by atoms with Crippen molar-refractivity contribution in [3.63, 3.8) is 0 Å². The lowest BCUT2D eigenvalue weighted by molar-refractivity contribution is -0.153. The van der Waals surface area contributed by atoms with Crippen LogP contribution in [-0.2, 0) is 14.3 Å². The molecule has 0 unspecified atom stereocenters. The highest BCUT2D eigenvalue weighted by atomic mass is 16.5. The number of carbonyl (C=O) groups is 3. The summed E-state index contributed by atoms with van der Waals surface area (Å²) in [6.45, 7) is 4.91. The molecule has 0 saturated heterocycles. The summed E-state index contributed by atoms with van der Waals surface area (Å²) in [4.78, 5) is 35.3. The predicted octanol–water partition coefficient (Wildman–Crippen LogP) is 3.21. The van der Waals surface area contributed by atoms with Crippen molar-refractivity contribution in [1.29, 1.82) is 0 Å². The van der Waals surface area contributed by atoms with Gasteiger partial charge in [-0.2, -0.15) is 0 Å². The molecule has 0 spiro atoms. The first-order chi connectivity index (χ1) is 11.9. The van der Waals surface area contributed by atoms with E-state index in [1.807, 2.05) is 36.0 Å². The lowest BCUT2D eigenvalue weighted by Gasteiger charge is -2.16. The van der Waals surface area contributed by atoms with Crippen molar-refractivity contribution in [3.05, 3.63) is 54.4 Å². The van der Waals surface area contributed by atoms with Gasteiger partial charge in [0.05, 0.1) is 6.42 Å². The monoisotopic (exact) mass is 342 g/mol. The number of nitrogens with one attached hydrogen (secondary N) is 1. The highest BCUT2D eigenvalue weighted by molar-refractivity contribution is 5.97. The van der Waals surface area contributed by atoms with E-state index in [9.17, 15) is 14.4 Å². The Kier molecular flexibility index (Phi) is 6.11. The van der Waals surface area contributed by atoms with Gasteiger partial charge >= 0.3 is 5.97 Å². The molecule has 25 heavy (non-hydrogen) atoms. The van der Waals surface area contributed by atoms with Crippen LogP contribution < -0.4 is 5.32 Å². The first-order valence-corrected chi connectivity index (χ1v) is 8.10. The zero-order valence-corrected chi connectivity index (χ0v) is 14.6. The Labute approximate surface area is 146 Å². The van der Waals surface area contributed by atoms with E-state index in [0.29, 0.717) is 11.3 Å². The van der Waals surface area contributed by atoms with Gasteiger partial charge in [0.25, 0.3) is 5.91 Å². The van der Waals surface area contributed by atoms with Gasteiger partial charge in [0.1, 0.15) is 0 Å². The Morgan fingerprint density at radius 2 is 1.68 bits per heavy atom. The molecule has 1 amide bonds. The number of ether oxygens (including phenoxy) is 1. The summed E-state index contributed by atoms with van der Waals surface area (Å²) < 4.78 is 7.10. The zero-order valence-electron chi connectivity index (χ0n) is 14.6. The average Bonchev–Trinajstić information content (AvgIpc) is 3.09. The lowest BCUT2D eigenvalue weighted by atomic mass is 10.1. The maximum absolute atomic E-state index is 12.1. The van der Waals surface area contributed by atoms with Gasteiger partial charge in [-0.3, -0.25) is 14.4 Å². The van der Waals surface area contributed by atoms with Crippen LogP contribution in [0.5, 0.6) is 0 Å². The van der Waals surface area contributed by atoms with E-state index in [1.165, 1.54) is 13.8 Å². The molecule has 0 radical (unpaired) electrons. The number of benzene rings is 1. The van der Waals surface area contributed by atoms with Crippen molar-refractivity contribution < 1.29 is 19.1 Å². The molecule has 2 atom stereocenters. The third-order valence-electron chi connectivity index (χ3n) is 3.83. The maximum atomic E-state index is 12.1. The smallest absolute Gasteiger partial charge is 0.308 e. The molecular weight excluding hydrogens is 320 g/mol. The minimum atomic E-state index is -0.906. The number of hydrogen-bond donors (Lipinski definition) is 1. The predicted molar refractivity (Wildman–Crippen MR) is 94.4 cm³/mol. The molecule has 1 aromatic heterocycles. The molecule has 2 rings (SSSR count). The summed E-state index contributed by atoms with van der Waals surface area (Å²) in [5, 5.41) is 2.66. The minimum absolute atomic E-state index is 0.0445. The largest absolute Gasteiger partial charge is 0.452 e. The highest BCUT2D eigenvalue weighted by Crippen LogP contribution is 2.14. The van der Waals surface area contributed by atoms with Crippen LogP contribution in [0.3, 0.4) is 0 Å². The molecule has 2 aromatic rings. The van der Waals surface area contributed by atoms with E-state index in [0.717, 1.165) is 0 Å². The SMILES string of the molecule is CC(=O)c1ccc(NC(=O)[C@@H](C)OC(=O)C[C@@H](C)n2cccc2)cc1. The van der Waals surface area contributed by atoms with E-state index in [-0.39, 0.29) is 18.2 Å². The van der Waals surface area contributed by atoms with Crippen molar-refractivity contribution in [2.75, 3.05) is 5.32 Å². The van der Waals surface area contributed by atoms with Crippen molar-refractivity contribution in [2.45, 2.75) is 39.3 Å². The number of hydrogen-bond acceptors (Lipinski definition) is 4. The van der Waals surface area contributed by atoms with Crippen LogP contribution in [0, 0.1) is 0 Å². The van der Waals surface area contributed by atoms with E-state index in [4.69, 9.17) is 4.74 Å². The third kappa shape index (κ3) is 5.31. The third-order valence-corrected chi connectivity index (χ3v) is 3.83. The summed E-state index contributed by atoms with van der Waals surface area (Å²) in [5.74, 6) is -0.898. The van der Waals surface area contributed by atoms with Crippen LogP contribution in [0.4, 0.5) is 5.69 Å². The molecular formula is C19H22N2O4. The number of aromatic nitrogens is 1. The van der Waals surface area contributed by atoms with Crippen LogP contribution in [0.2, 0.25) is 0 Å². The normalized spacial score (nSPS) is 12.9. The Bertz CT molecular complexity index is 735. The van der Waals surface area contributed by atoms with Crippen molar-refractivity contribution in [1.82, 2.24) is 4.57 Å². The van der Waals surface area contributed by atoms with Gasteiger partial charge in [-0.15, -0.1) is 0 Å². The second-order valence-electron chi connectivity index (χ2n) is 5.94. The molecule has 1 heterocycles. The topological polar surface area (TPSA) is 77.4 Å². The number of amides is 1. The number of ketones is 1. The Morgan fingerprint density at radius 1 is 1.08 bits per heavy atom. The van der Waals surface area contributed by atoms with Gasteiger partial charge in [0, 0.05) is 29.7 Å². The van der Waals surface area contributed by atoms with Gasteiger partial charge in [0.2, 0.25) is 0 Å². The molecule has 0 aliphatic rings. The summed E-state index contributed by atoms with van der Waals surface area (Å²) in [5.41, 5.74) is 1.11. The molecule has 6 nitrogen and oxygen atoms in total. The number of esters is 1. The van der Waals surface area contributed by atoms with E-state index >= 15 is 0 Å². The maximum Gasteiger partial charge on any atom is 0.308 e. The highest BCUT2D eigenvalue weighted by Gasteiger charge is 2.20. The van der Waals surface area contributed by atoms with Crippen LogP contribution in [0.15, 0.2) is 48.8 Å². The van der Waals surface area contributed by atoms with Crippen LogP contribution in [0.1, 0.15) is 43.6 Å². The lowest BCUT2D eigenvalue weighted by Crippen LogP contribution is -2.30. The molecule has 1 aromatic carbocycles. The first kappa shape index (κ1) is 18.4. The van der Waals surface area contributed by atoms with E-state index in [2.05, 4.69) is 5.32 Å². The first-order valence-electron chi connectivity index (χ1n) is 8.10. The summed E-state index contributed by atoms with van der Waals surface area (Å²) in [6, 6.07) is 10.3. The Morgan fingerprint density at radius 3 is 2.24 bits per heavy atom. The molecule has 6 heteroatoms. The van der Waals surface area contributed by atoms with Gasteiger partial charge in [0.15, 0.2) is 11.9 Å².